The molecule has 0 bridgehead atoms. The number of amides is 1. The Labute approximate surface area is 152 Å². The van der Waals surface area contributed by atoms with Crippen LogP contribution in [0.3, 0.4) is 0 Å². The Bertz CT molecular complexity index is 783. The van der Waals surface area contributed by atoms with Gasteiger partial charge in [0.25, 0.3) is 11.8 Å². The highest BCUT2D eigenvalue weighted by molar-refractivity contribution is 6.21. The quantitative estimate of drug-likeness (QED) is 0.610. The summed E-state index contributed by atoms with van der Waals surface area (Å²) in [5, 5.41) is 25.9. The van der Waals surface area contributed by atoms with E-state index in [-0.39, 0.29) is 17.5 Å². The van der Waals surface area contributed by atoms with Gasteiger partial charge in [0, 0.05) is 29.3 Å². The smallest absolute Gasteiger partial charge is 0.253 e. The van der Waals surface area contributed by atoms with E-state index in [1.165, 1.54) is 6.42 Å². The third kappa shape index (κ3) is 3.29. The summed E-state index contributed by atoms with van der Waals surface area (Å²) >= 11 is 0. The van der Waals surface area contributed by atoms with E-state index >= 15 is 0 Å². The van der Waals surface area contributed by atoms with Gasteiger partial charge in [0.2, 0.25) is 5.89 Å². The highest BCUT2D eigenvalue weighted by Gasteiger charge is 2.29. The number of allylic oxidation sites excluding steroid dienone is 2. The molecule has 138 valence electrons. The van der Waals surface area contributed by atoms with Crippen molar-refractivity contribution < 1.29 is 9.21 Å². The van der Waals surface area contributed by atoms with Gasteiger partial charge in [-0.3, -0.25) is 4.79 Å². The Morgan fingerprint density at radius 2 is 1.92 bits per heavy atom. The molecular weight excluding hydrogens is 332 g/mol. The predicted molar refractivity (Wildman–Crippen MR) is 96.2 cm³/mol. The average Bonchev–Trinajstić information content (AvgIpc) is 3.02. The third-order valence-corrected chi connectivity index (χ3v) is 5.32. The fourth-order valence-electron chi connectivity index (χ4n) is 3.60. The first kappa shape index (κ1) is 17.0. The molecule has 26 heavy (non-hydrogen) atoms. The van der Waals surface area contributed by atoms with Crippen LogP contribution in [-0.4, -0.2) is 34.9 Å². The number of nitrogens with zero attached hydrogens (tertiary/aromatic N) is 2. The lowest BCUT2D eigenvalue weighted by Gasteiger charge is -2.30. The summed E-state index contributed by atoms with van der Waals surface area (Å²) in [4.78, 5) is 12.2. The first-order chi connectivity index (χ1) is 12.6. The topological polar surface area (TPSA) is 116 Å². The molecule has 3 heterocycles. The van der Waals surface area contributed by atoms with Crippen LogP contribution in [-0.2, 0) is 4.79 Å². The zero-order valence-corrected chi connectivity index (χ0v) is 14.9. The first-order valence-electron chi connectivity index (χ1n) is 9.25. The van der Waals surface area contributed by atoms with Crippen LogP contribution in [0.5, 0.6) is 0 Å². The summed E-state index contributed by atoms with van der Waals surface area (Å²) in [5.74, 6) is 1.81. The minimum absolute atomic E-state index is 0.190. The van der Waals surface area contributed by atoms with Crippen LogP contribution in [0, 0.1) is 11.3 Å². The van der Waals surface area contributed by atoms with Crippen LogP contribution in [0.25, 0.3) is 5.57 Å². The molecule has 1 aromatic rings. The molecule has 1 amide bonds. The molecule has 1 saturated carbocycles. The van der Waals surface area contributed by atoms with Crippen LogP contribution in [0.1, 0.15) is 56.7 Å². The Balaban J connectivity index is 1.64. The Morgan fingerprint density at radius 1 is 1.15 bits per heavy atom. The molecule has 0 atom stereocenters. The van der Waals surface area contributed by atoms with Gasteiger partial charge < -0.3 is 25.8 Å². The van der Waals surface area contributed by atoms with Gasteiger partial charge >= 0.3 is 0 Å². The maximum absolute atomic E-state index is 12.2. The van der Waals surface area contributed by atoms with Crippen molar-refractivity contribution in [3.05, 3.63) is 29.4 Å². The summed E-state index contributed by atoms with van der Waals surface area (Å²) in [6, 6.07) is 0. The summed E-state index contributed by atoms with van der Waals surface area (Å²) < 4.78 is 5.84. The van der Waals surface area contributed by atoms with Crippen LogP contribution >= 0.6 is 0 Å². The molecule has 8 nitrogen and oxygen atoms in total. The number of hydrogen-bond donors (Lipinski definition) is 4. The van der Waals surface area contributed by atoms with Crippen molar-refractivity contribution in [2.75, 3.05) is 13.1 Å². The lowest BCUT2D eigenvalue weighted by Crippen LogP contribution is -2.41. The number of hydrogen-bond acceptors (Lipinski definition) is 7. The van der Waals surface area contributed by atoms with E-state index in [0.717, 1.165) is 44.5 Å². The third-order valence-electron chi connectivity index (χ3n) is 5.32. The van der Waals surface area contributed by atoms with E-state index in [2.05, 4.69) is 26.1 Å². The molecule has 3 aliphatic rings. The van der Waals surface area contributed by atoms with Crippen LogP contribution < -0.4 is 16.0 Å². The number of carbonyl (C=O) groups excluding carboxylic acids is 1. The normalized spacial score (nSPS) is 23.6. The van der Waals surface area contributed by atoms with E-state index < -0.39 is 0 Å². The maximum atomic E-state index is 12.2. The van der Waals surface area contributed by atoms with E-state index in [0.29, 0.717) is 29.1 Å². The van der Waals surface area contributed by atoms with Crippen molar-refractivity contribution in [3.8, 4) is 0 Å². The lowest BCUT2D eigenvalue weighted by molar-refractivity contribution is -0.116. The Morgan fingerprint density at radius 3 is 2.58 bits per heavy atom. The second kappa shape index (κ2) is 7.03. The van der Waals surface area contributed by atoms with E-state index in [9.17, 15) is 4.79 Å². The molecular formula is C18H24N6O2. The van der Waals surface area contributed by atoms with Gasteiger partial charge in [0.05, 0.1) is 0 Å². The van der Waals surface area contributed by atoms with Gasteiger partial charge in [0.1, 0.15) is 11.4 Å². The summed E-state index contributed by atoms with van der Waals surface area (Å²) in [7, 11) is 0. The van der Waals surface area contributed by atoms with Crippen LogP contribution in [0.2, 0.25) is 0 Å². The van der Waals surface area contributed by atoms with Crippen molar-refractivity contribution in [2.45, 2.75) is 44.9 Å². The van der Waals surface area contributed by atoms with Gasteiger partial charge in [-0.1, -0.05) is 6.42 Å². The summed E-state index contributed by atoms with van der Waals surface area (Å²) in [5.41, 5.74) is 1.61. The Hall–Kier alpha value is -2.48. The molecule has 0 spiro atoms. The number of carbonyl (C=O) groups is 1. The molecule has 0 aromatic carbocycles. The average molecular weight is 356 g/mol. The molecule has 8 heteroatoms. The number of rotatable bonds is 4. The van der Waals surface area contributed by atoms with Gasteiger partial charge in [-0.25, -0.2) is 0 Å². The summed E-state index contributed by atoms with van der Waals surface area (Å²) in [6.45, 7) is 3.54. The van der Waals surface area contributed by atoms with E-state index in [4.69, 9.17) is 9.83 Å². The van der Waals surface area contributed by atoms with Crippen molar-refractivity contribution in [1.82, 2.24) is 26.1 Å². The molecule has 2 fully saturated rings. The highest BCUT2D eigenvalue weighted by atomic mass is 16.4. The SMILES string of the molecule is CC(=N)/C(=C1/NC(=O)C=C(C2CCNCC2)N1)c1nnc(C2CCC2)o1. The highest BCUT2D eigenvalue weighted by Crippen LogP contribution is 2.36. The molecule has 0 unspecified atom stereocenters. The zero-order chi connectivity index (χ0) is 18.1. The second-order valence-corrected chi connectivity index (χ2v) is 7.19. The molecule has 4 rings (SSSR count). The maximum Gasteiger partial charge on any atom is 0.253 e. The zero-order valence-electron chi connectivity index (χ0n) is 14.9. The van der Waals surface area contributed by atoms with Crippen molar-refractivity contribution in [1.29, 1.82) is 5.41 Å². The first-order valence-corrected chi connectivity index (χ1v) is 9.25. The van der Waals surface area contributed by atoms with Crippen molar-refractivity contribution in [3.63, 3.8) is 0 Å². The largest absolute Gasteiger partial charge is 0.420 e. The number of nitrogens with one attached hydrogen (secondary N) is 4. The van der Waals surface area contributed by atoms with Gasteiger partial charge in [-0.2, -0.15) is 0 Å². The molecule has 4 N–H and O–H groups in total. The minimum Gasteiger partial charge on any atom is -0.420 e. The standard InChI is InChI=1S/C18H24N6O2/c1-10(19)15(18-24-23-17(26-18)12-3-2-4-12)16-21-13(9-14(25)22-16)11-5-7-20-8-6-11/h9,11-12,19-21H,2-8H2,1H3,(H,22,25)/b16-15-,19-10?. The summed E-state index contributed by atoms with van der Waals surface area (Å²) in [6.07, 6.45) is 6.88. The predicted octanol–water partition coefficient (Wildman–Crippen LogP) is 1.65. The fourth-order valence-corrected chi connectivity index (χ4v) is 3.60. The van der Waals surface area contributed by atoms with Gasteiger partial charge in [-0.05, 0) is 45.7 Å². The number of aromatic nitrogens is 2. The van der Waals surface area contributed by atoms with Crippen LogP contribution in [0.15, 0.2) is 22.0 Å². The van der Waals surface area contributed by atoms with E-state index in [1.54, 1.807) is 13.0 Å². The monoisotopic (exact) mass is 356 g/mol. The van der Waals surface area contributed by atoms with E-state index in [1.807, 2.05) is 0 Å². The van der Waals surface area contributed by atoms with Gasteiger partial charge in [-0.15, -0.1) is 10.2 Å². The van der Waals surface area contributed by atoms with Gasteiger partial charge in [0.15, 0.2) is 0 Å². The van der Waals surface area contributed by atoms with Crippen molar-refractivity contribution in [2.24, 2.45) is 5.92 Å². The van der Waals surface area contributed by atoms with Crippen LogP contribution in [0.4, 0.5) is 0 Å². The Kier molecular flexibility index (Phi) is 4.58. The molecule has 1 aromatic heterocycles. The molecule has 2 aliphatic heterocycles. The molecule has 1 saturated heterocycles. The lowest BCUT2D eigenvalue weighted by atomic mass is 9.85. The molecule has 1 aliphatic carbocycles. The molecule has 0 radical (unpaired) electrons. The fraction of sp³-hybridized carbons (Fsp3) is 0.556. The number of piperidine rings is 1. The second-order valence-electron chi connectivity index (χ2n) is 7.19. The minimum atomic E-state index is -0.190. The van der Waals surface area contributed by atoms with Crippen molar-refractivity contribution >= 4 is 17.2 Å².